The molecule has 0 aliphatic carbocycles. The SMILES string of the molecule is CCc1ccc(CNc2ccc(C)cc2Cl)s1. The van der Waals surface area contributed by atoms with Crippen molar-refractivity contribution < 1.29 is 0 Å². The molecular weight excluding hydrogens is 250 g/mol. The van der Waals surface area contributed by atoms with E-state index in [4.69, 9.17) is 11.6 Å². The number of halogens is 1. The highest BCUT2D eigenvalue weighted by Gasteiger charge is 2.02. The third-order valence-corrected chi connectivity index (χ3v) is 4.19. The van der Waals surface area contributed by atoms with Crippen LogP contribution < -0.4 is 5.32 Å². The van der Waals surface area contributed by atoms with Crippen LogP contribution in [-0.2, 0) is 13.0 Å². The van der Waals surface area contributed by atoms with E-state index in [0.717, 1.165) is 23.7 Å². The molecule has 17 heavy (non-hydrogen) atoms. The van der Waals surface area contributed by atoms with Crippen molar-refractivity contribution >= 4 is 28.6 Å². The number of aryl methyl sites for hydroxylation is 2. The predicted molar refractivity (Wildman–Crippen MR) is 77.2 cm³/mol. The van der Waals surface area contributed by atoms with Crippen LogP contribution in [0.1, 0.15) is 22.2 Å². The first-order valence-corrected chi connectivity index (χ1v) is 6.96. The number of nitrogens with one attached hydrogen (secondary N) is 1. The van der Waals surface area contributed by atoms with Gasteiger partial charge < -0.3 is 5.32 Å². The molecule has 0 aliphatic heterocycles. The Balaban J connectivity index is 2.02. The summed E-state index contributed by atoms with van der Waals surface area (Å²) in [5.74, 6) is 0. The second-order valence-corrected chi connectivity index (χ2v) is 5.72. The first-order chi connectivity index (χ1) is 8.19. The van der Waals surface area contributed by atoms with Crippen LogP contribution in [0.4, 0.5) is 5.69 Å². The molecule has 3 heteroatoms. The lowest BCUT2D eigenvalue weighted by Gasteiger charge is -2.07. The van der Waals surface area contributed by atoms with Gasteiger partial charge in [-0.1, -0.05) is 24.6 Å². The Bertz CT molecular complexity index is 505. The van der Waals surface area contributed by atoms with Gasteiger partial charge in [0, 0.05) is 16.3 Å². The standard InChI is InChI=1S/C14H16ClNS/c1-3-11-5-6-12(17-11)9-16-14-7-4-10(2)8-13(14)15/h4-8,16H,3,9H2,1-2H3. The maximum absolute atomic E-state index is 6.17. The summed E-state index contributed by atoms with van der Waals surface area (Å²) in [7, 11) is 0. The van der Waals surface area contributed by atoms with Crippen molar-refractivity contribution in [2.24, 2.45) is 0 Å². The highest BCUT2D eigenvalue weighted by atomic mass is 35.5. The van der Waals surface area contributed by atoms with Crippen LogP contribution in [0, 0.1) is 6.92 Å². The summed E-state index contributed by atoms with van der Waals surface area (Å²) in [6, 6.07) is 10.5. The lowest BCUT2D eigenvalue weighted by molar-refractivity contribution is 1.19. The molecule has 1 heterocycles. The number of hydrogen-bond acceptors (Lipinski definition) is 2. The quantitative estimate of drug-likeness (QED) is 0.830. The van der Waals surface area contributed by atoms with Gasteiger partial charge in [0.05, 0.1) is 10.7 Å². The van der Waals surface area contributed by atoms with Gasteiger partial charge >= 0.3 is 0 Å². The van der Waals surface area contributed by atoms with Crippen molar-refractivity contribution in [3.05, 3.63) is 50.7 Å². The van der Waals surface area contributed by atoms with Crippen molar-refractivity contribution in [2.45, 2.75) is 26.8 Å². The molecule has 0 spiro atoms. The molecule has 0 bridgehead atoms. The summed E-state index contributed by atoms with van der Waals surface area (Å²) in [5, 5.41) is 4.16. The van der Waals surface area contributed by atoms with Gasteiger partial charge in [-0.15, -0.1) is 11.3 Å². The van der Waals surface area contributed by atoms with Gasteiger partial charge in [-0.3, -0.25) is 0 Å². The average Bonchev–Trinajstić information content (AvgIpc) is 2.76. The average molecular weight is 266 g/mol. The maximum Gasteiger partial charge on any atom is 0.0640 e. The molecule has 0 amide bonds. The highest BCUT2D eigenvalue weighted by Crippen LogP contribution is 2.24. The Morgan fingerprint density at radius 1 is 1.18 bits per heavy atom. The number of thiophene rings is 1. The Hall–Kier alpha value is -0.990. The normalized spacial score (nSPS) is 10.5. The zero-order valence-corrected chi connectivity index (χ0v) is 11.7. The van der Waals surface area contributed by atoms with Crippen molar-refractivity contribution in [1.82, 2.24) is 0 Å². The van der Waals surface area contributed by atoms with Crippen LogP contribution >= 0.6 is 22.9 Å². The minimum atomic E-state index is 0.789. The van der Waals surface area contributed by atoms with Crippen molar-refractivity contribution in [2.75, 3.05) is 5.32 Å². The fourth-order valence-corrected chi connectivity index (χ4v) is 2.85. The summed E-state index contributed by atoms with van der Waals surface area (Å²) in [6.45, 7) is 5.07. The van der Waals surface area contributed by atoms with Crippen LogP contribution in [0.5, 0.6) is 0 Å². The van der Waals surface area contributed by atoms with Crippen molar-refractivity contribution in [3.8, 4) is 0 Å². The number of hydrogen-bond donors (Lipinski definition) is 1. The first kappa shape index (κ1) is 12.5. The topological polar surface area (TPSA) is 12.0 Å². The van der Waals surface area contributed by atoms with Crippen molar-refractivity contribution in [1.29, 1.82) is 0 Å². The van der Waals surface area contributed by atoms with E-state index >= 15 is 0 Å². The molecule has 0 fully saturated rings. The number of benzene rings is 1. The monoisotopic (exact) mass is 265 g/mol. The fraction of sp³-hybridized carbons (Fsp3) is 0.286. The van der Waals surface area contributed by atoms with Crippen molar-refractivity contribution in [3.63, 3.8) is 0 Å². The Kier molecular flexibility index (Phi) is 4.08. The van der Waals surface area contributed by atoms with Gasteiger partial charge in [0.2, 0.25) is 0 Å². The molecule has 1 aromatic carbocycles. The summed E-state index contributed by atoms with van der Waals surface area (Å²) >= 11 is 8.02. The summed E-state index contributed by atoms with van der Waals surface area (Å²) < 4.78 is 0. The van der Waals surface area contributed by atoms with E-state index in [1.807, 2.05) is 30.4 Å². The van der Waals surface area contributed by atoms with Gasteiger partial charge in [-0.25, -0.2) is 0 Å². The predicted octanol–water partition coefficient (Wildman–Crippen LogP) is 4.88. The lowest BCUT2D eigenvalue weighted by atomic mass is 10.2. The molecule has 1 aromatic heterocycles. The van der Waals surface area contributed by atoms with E-state index in [9.17, 15) is 0 Å². The van der Waals surface area contributed by atoms with Gasteiger partial charge in [0.1, 0.15) is 0 Å². The Morgan fingerprint density at radius 2 is 1.94 bits per heavy atom. The van der Waals surface area contributed by atoms with E-state index in [2.05, 4.69) is 30.4 Å². The molecular formula is C14H16ClNS. The van der Waals surface area contributed by atoms with E-state index in [1.165, 1.54) is 15.3 Å². The molecule has 1 N–H and O–H groups in total. The lowest BCUT2D eigenvalue weighted by Crippen LogP contribution is -1.97. The number of anilines is 1. The van der Waals surface area contributed by atoms with Gasteiger partial charge in [0.25, 0.3) is 0 Å². The van der Waals surface area contributed by atoms with Crippen LogP contribution in [0.2, 0.25) is 5.02 Å². The van der Waals surface area contributed by atoms with E-state index in [1.54, 1.807) is 0 Å². The fourth-order valence-electron chi connectivity index (χ4n) is 1.65. The Morgan fingerprint density at radius 3 is 2.59 bits per heavy atom. The molecule has 2 aromatic rings. The molecule has 0 aliphatic rings. The minimum absolute atomic E-state index is 0.789. The molecule has 2 rings (SSSR count). The maximum atomic E-state index is 6.17. The summed E-state index contributed by atoms with van der Waals surface area (Å²) in [6.07, 6.45) is 1.11. The van der Waals surface area contributed by atoms with Crippen LogP contribution in [0.3, 0.4) is 0 Å². The highest BCUT2D eigenvalue weighted by molar-refractivity contribution is 7.12. The second kappa shape index (κ2) is 5.56. The minimum Gasteiger partial charge on any atom is -0.379 e. The zero-order chi connectivity index (χ0) is 12.3. The summed E-state index contributed by atoms with van der Waals surface area (Å²) in [5.41, 5.74) is 2.19. The van der Waals surface area contributed by atoms with Gasteiger partial charge in [0.15, 0.2) is 0 Å². The van der Waals surface area contributed by atoms with E-state index < -0.39 is 0 Å². The second-order valence-electron chi connectivity index (χ2n) is 4.06. The smallest absolute Gasteiger partial charge is 0.0640 e. The molecule has 0 atom stereocenters. The third kappa shape index (κ3) is 3.24. The first-order valence-electron chi connectivity index (χ1n) is 5.76. The van der Waals surface area contributed by atoms with Crippen LogP contribution in [0.25, 0.3) is 0 Å². The van der Waals surface area contributed by atoms with Gasteiger partial charge in [-0.2, -0.15) is 0 Å². The Labute approximate surface area is 111 Å². The van der Waals surface area contributed by atoms with Gasteiger partial charge in [-0.05, 0) is 43.2 Å². The molecule has 90 valence electrons. The third-order valence-electron chi connectivity index (χ3n) is 2.64. The molecule has 0 radical (unpaired) electrons. The largest absolute Gasteiger partial charge is 0.379 e. The zero-order valence-electron chi connectivity index (χ0n) is 10.1. The molecule has 0 saturated carbocycles. The van der Waals surface area contributed by atoms with E-state index in [0.29, 0.717) is 0 Å². The molecule has 0 unspecified atom stereocenters. The number of rotatable bonds is 4. The summed E-state index contributed by atoms with van der Waals surface area (Å²) in [4.78, 5) is 2.77. The van der Waals surface area contributed by atoms with Crippen LogP contribution in [0.15, 0.2) is 30.3 Å². The van der Waals surface area contributed by atoms with Crippen LogP contribution in [-0.4, -0.2) is 0 Å². The molecule has 1 nitrogen and oxygen atoms in total. The molecule has 0 saturated heterocycles. The van der Waals surface area contributed by atoms with E-state index in [-0.39, 0.29) is 0 Å².